The summed E-state index contributed by atoms with van der Waals surface area (Å²) in [6, 6.07) is 40.8. The predicted octanol–water partition coefficient (Wildman–Crippen LogP) is 9.94. The highest BCUT2D eigenvalue weighted by molar-refractivity contribution is 6.17. The van der Waals surface area contributed by atoms with E-state index in [9.17, 15) is 0 Å². The van der Waals surface area contributed by atoms with Crippen LogP contribution in [0.15, 0.2) is 132 Å². The average molecular weight is 536 g/mol. The molecule has 0 aliphatic heterocycles. The zero-order valence-electron chi connectivity index (χ0n) is 22.4. The van der Waals surface area contributed by atoms with Gasteiger partial charge < -0.3 is 4.42 Å². The largest absolute Gasteiger partial charge is 0.456 e. The topological polar surface area (TPSA) is 43.9 Å². The zero-order valence-corrected chi connectivity index (χ0v) is 22.4. The first-order chi connectivity index (χ1) is 20.8. The number of rotatable bonds is 2. The Labute approximate surface area is 240 Å². The first kappa shape index (κ1) is 22.0. The Morgan fingerprint density at radius 2 is 1.24 bits per heavy atom. The fraction of sp³-hybridized carbons (Fsp3) is 0. The molecule has 1 aliphatic carbocycles. The van der Waals surface area contributed by atoms with Crippen molar-refractivity contribution in [1.82, 2.24) is 14.5 Å². The van der Waals surface area contributed by atoms with E-state index in [0.717, 1.165) is 61.0 Å². The summed E-state index contributed by atoms with van der Waals surface area (Å²) >= 11 is 0. The Morgan fingerprint density at radius 3 is 2.19 bits per heavy atom. The molecule has 1 aliphatic rings. The van der Waals surface area contributed by atoms with Gasteiger partial charge in [0.05, 0.1) is 16.7 Å². The summed E-state index contributed by atoms with van der Waals surface area (Å²) in [6.07, 6.45) is 3.89. The molecule has 0 atom stereocenters. The van der Waals surface area contributed by atoms with Crippen LogP contribution in [0.25, 0.3) is 93.8 Å². The SMILES string of the molecule is c1cnc2c(c1)-c1cnc(-n3c4ccccc4c4cc(-c5ccc6oc7ccccc7c6c5)ccc43)c3cccc-2c13. The highest BCUT2D eigenvalue weighted by Crippen LogP contribution is 2.47. The van der Waals surface area contributed by atoms with Crippen molar-refractivity contribution in [3.63, 3.8) is 0 Å². The standard InChI is InChI=1S/C38H21N3O/c1-3-12-32-24(7-1)29-19-22(23-15-17-35-30(20-23)25-8-2-4-13-34(25)42-35)14-16-33(29)41(32)38-28-10-5-9-27-36(28)31(21-40-38)26-11-6-18-39-37(26)27/h1-21H. The quantitative estimate of drug-likeness (QED) is 0.221. The van der Waals surface area contributed by atoms with Crippen molar-refractivity contribution in [3.8, 4) is 39.3 Å². The molecule has 0 saturated carbocycles. The van der Waals surface area contributed by atoms with Gasteiger partial charge in [-0.15, -0.1) is 0 Å². The molecule has 42 heavy (non-hydrogen) atoms. The summed E-state index contributed by atoms with van der Waals surface area (Å²) in [5.74, 6) is 0.939. The van der Waals surface area contributed by atoms with Crippen molar-refractivity contribution in [2.45, 2.75) is 0 Å². The van der Waals surface area contributed by atoms with Crippen LogP contribution in [-0.4, -0.2) is 14.5 Å². The molecule has 0 radical (unpaired) electrons. The molecule has 0 spiro atoms. The van der Waals surface area contributed by atoms with E-state index < -0.39 is 0 Å². The van der Waals surface area contributed by atoms with Gasteiger partial charge in [-0.2, -0.15) is 0 Å². The van der Waals surface area contributed by atoms with Gasteiger partial charge in [0.15, 0.2) is 0 Å². The first-order valence-electron chi connectivity index (χ1n) is 14.2. The normalized spacial score (nSPS) is 12.3. The third kappa shape index (κ3) is 2.80. The van der Waals surface area contributed by atoms with E-state index in [1.54, 1.807) is 0 Å². The van der Waals surface area contributed by atoms with Crippen LogP contribution in [0.3, 0.4) is 0 Å². The van der Waals surface area contributed by atoms with Crippen molar-refractivity contribution in [3.05, 3.63) is 128 Å². The Morgan fingerprint density at radius 1 is 0.500 bits per heavy atom. The molecule has 194 valence electrons. The third-order valence-corrected chi connectivity index (χ3v) is 8.84. The Kier molecular flexibility index (Phi) is 4.15. The molecule has 10 rings (SSSR count). The lowest BCUT2D eigenvalue weighted by atomic mass is 10.0. The maximum absolute atomic E-state index is 6.09. The van der Waals surface area contributed by atoms with E-state index in [-0.39, 0.29) is 0 Å². The predicted molar refractivity (Wildman–Crippen MR) is 171 cm³/mol. The number of aromatic nitrogens is 3. The second kappa shape index (κ2) is 7.93. The summed E-state index contributed by atoms with van der Waals surface area (Å²) in [5.41, 5.74) is 11.0. The monoisotopic (exact) mass is 535 g/mol. The van der Waals surface area contributed by atoms with Gasteiger partial charge >= 0.3 is 0 Å². The molecule has 0 amide bonds. The van der Waals surface area contributed by atoms with E-state index in [4.69, 9.17) is 14.4 Å². The molecule has 4 heterocycles. The molecule has 4 aromatic heterocycles. The number of hydrogen-bond donors (Lipinski definition) is 0. The zero-order chi connectivity index (χ0) is 27.4. The van der Waals surface area contributed by atoms with E-state index in [1.165, 1.54) is 32.8 Å². The van der Waals surface area contributed by atoms with Crippen LogP contribution in [0.4, 0.5) is 0 Å². The highest BCUT2D eigenvalue weighted by atomic mass is 16.3. The minimum absolute atomic E-state index is 0.910. The van der Waals surface area contributed by atoms with Crippen LogP contribution in [0.1, 0.15) is 0 Å². The van der Waals surface area contributed by atoms with E-state index in [1.807, 2.05) is 30.6 Å². The fourth-order valence-electron chi connectivity index (χ4n) is 6.99. The van der Waals surface area contributed by atoms with Crippen molar-refractivity contribution in [2.75, 3.05) is 0 Å². The smallest absolute Gasteiger partial charge is 0.145 e. The van der Waals surface area contributed by atoms with E-state index in [2.05, 4.69) is 102 Å². The second-order valence-electron chi connectivity index (χ2n) is 11.0. The number of fused-ring (bicyclic) bond motifs is 9. The van der Waals surface area contributed by atoms with Crippen LogP contribution in [0, 0.1) is 0 Å². The first-order valence-corrected chi connectivity index (χ1v) is 14.2. The number of furan rings is 1. The van der Waals surface area contributed by atoms with Gasteiger partial charge in [0.2, 0.25) is 0 Å². The van der Waals surface area contributed by atoms with Crippen LogP contribution in [-0.2, 0) is 0 Å². The van der Waals surface area contributed by atoms with Crippen molar-refractivity contribution in [1.29, 1.82) is 0 Å². The number of benzene rings is 5. The van der Waals surface area contributed by atoms with Crippen molar-refractivity contribution in [2.24, 2.45) is 0 Å². The maximum atomic E-state index is 6.09. The minimum Gasteiger partial charge on any atom is -0.456 e. The second-order valence-corrected chi connectivity index (χ2v) is 11.0. The molecule has 0 bridgehead atoms. The van der Waals surface area contributed by atoms with Crippen molar-refractivity contribution < 1.29 is 4.42 Å². The molecule has 0 fully saturated rings. The van der Waals surface area contributed by atoms with Gasteiger partial charge in [-0.1, -0.05) is 72.8 Å². The van der Waals surface area contributed by atoms with Gasteiger partial charge in [-0.25, -0.2) is 4.98 Å². The lowest BCUT2D eigenvalue weighted by Crippen LogP contribution is -1.99. The Hall–Kier alpha value is -5.74. The number of pyridine rings is 2. The fourth-order valence-corrected chi connectivity index (χ4v) is 6.99. The lowest BCUT2D eigenvalue weighted by Gasteiger charge is -2.12. The minimum atomic E-state index is 0.910. The molecule has 9 aromatic rings. The van der Waals surface area contributed by atoms with Gasteiger partial charge in [0.1, 0.15) is 17.0 Å². The summed E-state index contributed by atoms with van der Waals surface area (Å²) in [7, 11) is 0. The van der Waals surface area contributed by atoms with Gasteiger partial charge in [-0.05, 0) is 53.6 Å². The number of para-hydroxylation sites is 2. The molecule has 0 unspecified atom stereocenters. The molecule has 4 nitrogen and oxygen atoms in total. The van der Waals surface area contributed by atoms with Crippen LogP contribution in [0.2, 0.25) is 0 Å². The maximum Gasteiger partial charge on any atom is 0.145 e. The van der Waals surface area contributed by atoms with Crippen LogP contribution < -0.4 is 0 Å². The van der Waals surface area contributed by atoms with E-state index >= 15 is 0 Å². The highest BCUT2D eigenvalue weighted by Gasteiger charge is 2.25. The molecule has 0 N–H and O–H groups in total. The summed E-state index contributed by atoms with van der Waals surface area (Å²) in [6.45, 7) is 0. The van der Waals surface area contributed by atoms with Gasteiger partial charge in [0, 0.05) is 61.4 Å². The summed E-state index contributed by atoms with van der Waals surface area (Å²) < 4.78 is 8.41. The average Bonchev–Trinajstić information content (AvgIpc) is 3.70. The molecular formula is C38H21N3O. The summed E-state index contributed by atoms with van der Waals surface area (Å²) in [4.78, 5) is 9.84. The molecule has 4 heteroatoms. The Balaban J connectivity index is 1.22. The van der Waals surface area contributed by atoms with Crippen LogP contribution in [0.5, 0.6) is 0 Å². The van der Waals surface area contributed by atoms with Crippen molar-refractivity contribution >= 4 is 54.5 Å². The molecular weight excluding hydrogens is 514 g/mol. The molecule has 5 aromatic carbocycles. The summed E-state index contributed by atoms with van der Waals surface area (Å²) in [5, 5.41) is 7.04. The van der Waals surface area contributed by atoms with Gasteiger partial charge in [0.25, 0.3) is 0 Å². The third-order valence-electron chi connectivity index (χ3n) is 8.84. The number of hydrogen-bond acceptors (Lipinski definition) is 3. The number of nitrogens with zero attached hydrogens (tertiary/aromatic N) is 3. The molecule has 0 saturated heterocycles. The van der Waals surface area contributed by atoms with Crippen LogP contribution >= 0.6 is 0 Å². The van der Waals surface area contributed by atoms with Gasteiger partial charge in [-0.3, -0.25) is 9.55 Å². The van der Waals surface area contributed by atoms with E-state index in [0.29, 0.717) is 0 Å². The Bertz CT molecular complexity index is 2560. The lowest BCUT2D eigenvalue weighted by molar-refractivity contribution is 0.669.